The number of primary sulfonamides is 1. The molecule has 20 heavy (non-hydrogen) atoms. The maximum atomic E-state index is 11.3. The second kappa shape index (κ2) is 5.10. The van der Waals surface area contributed by atoms with Gasteiger partial charge in [0.2, 0.25) is 15.5 Å². The van der Waals surface area contributed by atoms with Crippen molar-refractivity contribution >= 4 is 10.0 Å². The minimum atomic E-state index is -3.70. The highest BCUT2D eigenvalue weighted by Gasteiger charge is 2.08. The van der Waals surface area contributed by atoms with Crippen LogP contribution in [0.1, 0.15) is 11.3 Å². The first-order valence-corrected chi connectivity index (χ1v) is 7.34. The van der Waals surface area contributed by atoms with Gasteiger partial charge in [0.15, 0.2) is 5.75 Å². The molecule has 2 rings (SSSR count). The van der Waals surface area contributed by atoms with Crippen molar-refractivity contribution in [3.05, 3.63) is 58.0 Å². The van der Waals surface area contributed by atoms with Crippen LogP contribution >= 0.6 is 0 Å². The first kappa shape index (κ1) is 14.3. The summed E-state index contributed by atoms with van der Waals surface area (Å²) in [6, 6.07) is 7.38. The molecule has 0 saturated carbocycles. The van der Waals surface area contributed by atoms with Crippen LogP contribution in [0.2, 0.25) is 0 Å². The van der Waals surface area contributed by atoms with Crippen molar-refractivity contribution in [2.75, 3.05) is 0 Å². The van der Waals surface area contributed by atoms with Crippen LogP contribution in [0, 0.1) is 6.92 Å². The van der Waals surface area contributed by atoms with Crippen LogP contribution in [-0.4, -0.2) is 18.1 Å². The SMILES string of the molecule is Cc1c(O)c(=O)ccn1Cc1ccc(S(N)(=O)=O)cc1. The lowest BCUT2D eigenvalue weighted by molar-refractivity contribution is 0.455. The first-order chi connectivity index (χ1) is 9.29. The third kappa shape index (κ3) is 2.89. The largest absolute Gasteiger partial charge is 0.503 e. The minimum Gasteiger partial charge on any atom is -0.503 e. The predicted octanol–water partition coefficient (Wildman–Crippen LogP) is 0.558. The number of nitrogens with zero attached hydrogens (tertiary/aromatic N) is 1. The smallest absolute Gasteiger partial charge is 0.238 e. The first-order valence-electron chi connectivity index (χ1n) is 5.80. The molecule has 0 spiro atoms. The Morgan fingerprint density at radius 1 is 1.20 bits per heavy atom. The zero-order valence-electron chi connectivity index (χ0n) is 10.8. The van der Waals surface area contributed by atoms with Crippen LogP contribution in [0.25, 0.3) is 0 Å². The molecule has 0 radical (unpaired) electrons. The van der Waals surface area contributed by atoms with Crippen molar-refractivity contribution in [1.82, 2.24) is 4.57 Å². The zero-order valence-corrected chi connectivity index (χ0v) is 11.6. The van der Waals surface area contributed by atoms with Crippen molar-refractivity contribution in [3.8, 4) is 5.75 Å². The highest BCUT2D eigenvalue weighted by Crippen LogP contribution is 2.14. The molecule has 3 N–H and O–H groups in total. The van der Waals surface area contributed by atoms with Gasteiger partial charge in [0.05, 0.1) is 10.6 Å². The molecule has 0 bridgehead atoms. The van der Waals surface area contributed by atoms with E-state index in [2.05, 4.69) is 0 Å². The van der Waals surface area contributed by atoms with E-state index >= 15 is 0 Å². The average molecular weight is 294 g/mol. The summed E-state index contributed by atoms with van der Waals surface area (Å²) in [5.41, 5.74) is 0.847. The summed E-state index contributed by atoms with van der Waals surface area (Å²) >= 11 is 0. The number of hydrogen-bond acceptors (Lipinski definition) is 4. The molecule has 106 valence electrons. The van der Waals surface area contributed by atoms with E-state index in [0.717, 1.165) is 5.56 Å². The van der Waals surface area contributed by atoms with Gasteiger partial charge in [-0.3, -0.25) is 4.79 Å². The molecule has 0 atom stereocenters. The van der Waals surface area contributed by atoms with Crippen LogP contribution < -0.4 is 10.6 Å². The number of hydrogen-bond donors (Lipinski definition) is 2. The molecule has 1 heterocycles. The van der Waals surface area contributed by atoms with Crippen LogP contribution in [0.5, 0.6) is 5.75 Å². The van der Waals surface area contributed by atoms with Crippen LogP contribution in [-0.2, 0) is 16.6 Å². The number of benzene rings is 1. The Balaban J connectivity index is 2.32. The fraction of sp³-hybridized carbons (Fsp3) is 0.154. The number of rotatable bonds is 3. The summed E-state index contributed by atoms with van der Waals surface area (Å²) in [4.78, 5) is 11.3. The summed E-state index contributed by atoms with van der Waals surface area (Å²) < 4.78 is 24.0. The summed E-state index contributed by atoms with van der Waals surface area (Å²) in [6.07, 6.45) is 1.57. The van der Waals surface area contributed by atoms with Crippen molar-refractivity contribution < 1.29 is 13.5 Å². The van der Waals surface area contributed by atoms with Gasteiger partial charge in [-0.25, -0.2) is 13.6 Å². The lowest BCUT2D eigenvalue weighted by atomic mass is 10.2. The topological polar surface area (TPSA) is 102 Å². The summed E-state index contributed by atoms with van der Waals surface area (Å²) in [5, 5.41) is 14.6. The number of aromatic nitrogens is 1. The predicted molar refractivity (Wildman–Crippen MR) is 74.0 cm³/mol. The van der Waals surface area contributed by atoms with Gasteiger partial charge in [-0.15, -0.1) is 0 Å². The van der Waals surface area contributed by atoms with Gasteiger partial charge in [0, 0.05) is 18.8 Å². The van der Waals surface area contributed by atoms with E-state index in [4.69, 9.17) is 5.14 Å². The normalized spacial score (nSPS) is 11.5. The Bertz CT molecular complexity index is 792. The second-order valence-electron chi connectivity index (χ2n) is 4.43. The average Bonchev–Trinajstić information content (AvgIpc) is 2.39. The van der Waals surface area contributed by atoms with Crippen LogP contribution in [0.3, 0.4) is 0 Å². The molecule has 0 aliphatic heterocycles. The standard InChI is InChI=1S/C13H14N2O4S/c1-9-13(17)12(16)6-7-15(9)8-10-2-4-11(5-3-10)20(14,18)19/h2-7,17H,8H2,1H3,(H2,14,18,19). The Morgan fingerprint density at radius 3 is 2.35 bits per heavy atom. The van der Waals surface area contributed by atoms with E-state index in [1.54, 1.807) is 29.8 Å². The molecule has 0 saturated heterocycles. The van der Waals surface area contributed by atoms with Gasteiger partial charge >= 0.3 is 0 Å². The fourth-order valence-corrected chi connectivity index (χ4v) is 2.33. The van der Waals surface area contributed by atoms with Crippen molar-refractivity contribution in [3.63, 3.8) is 0 Å². The molecule has 6 nitrogen and oxygen atoms in total. The van der Waals surface area contributed by atoms with Gasteiger partial charge in [0.1, 0.15) is 0 Å². The molecule has 0 unspecified atom stereocenters. The van der Waals surface area contributed by atoms with Gasteiger partial charge in [0.25, 0.3) is 0 Å². The number of nitrogens with two attached hydrogens (primary N) is 1. The van der Waals surface area contributed by atoms with E-state index in [1.807, 2.05) is 0 Å². The van der Waals surface area contributed by atoms with E-state index in [9.17, 15) is 18.3 Å². The molecule has 1 aromatic heterocycles. The van der Waals surface area contributed by atoms with Crippen LogP contribution in [0.4, 0.5) is 0 Å². The minimum absolute atomic E-state index is 0.0423. The van der Waals surface area contributed by atoms with Crippen molar-refractivity contribution in [2.24, 2.45) is 5.14 Å². The number of pyridine rings is 1. The monoisotopic (exact) mass is 294 g/mol. The van der Waals surface area contributed by atoms with Crippen LogP contribution in [0.15, 0.2) is 46.2 Å². The van der Waals surface area contributed by atoms with Gasteiger partial charge in [-0.1, -0.05) is 12.1 Å². The third-order valence-electron chi connectivity index (χ3n) is 3.02. The molecule has 7 heteroatoms. The Labute approximate surface area is 116 Å². The van der Waals surface area contributed by atoms with E-state index in [0.29, 0.717) is 12.2 Å². The molecule has 2 aromatic rings. The third-order valence-corrected chi connectivity index (χ3v) is 3.95. The second-order valence-corrected chi connectivity index (χ2v) is 5.99. The van der Waals surface area contributed by atoms with Crippen molar-refractivity contribution in [1.29, 1.82) is 0 Å². The van der Waals surface area contributed by atoms with Gasteiger partial charge in [-0.05, 0) is 24.6 Å². The van der Waals surface area contributed by atoms with Gasteiger partial charge < -0.3 is 9.67 Å². The number of aromatic hydroxyl groups is 1. The Morgan fingerprint density at radius 2 is 1.80 bits per heavy atom. The van der Waals surface area contributed by atoms with E-state index < -0.39 is 15.5 Å². The zero-order chi connectivity index (χ0) is 14.9. The molecule has 0 aliphatic rings. The molecule has 0 aliphatic carbocycles. The highest BCUT2D eigenvalue weighted by atomic mass is 32.2. The summed E-state index contributed by atoms with van der Waals surface area (Å²) in [6.45, 7) is 2.04. The maximum absolute atomic E-state index is 11.3. The molecule has 0 fully saturated rings. The number of sulfonamides is 1. The Hall–Kier alpha value is -2.12. The molecular formula is C13H14N2O4S. The van der Waals surface area contributed by atoms with E-state index in [1.165, 1.54) is 18.2 Å². The summed E-state index contributed by atoms with van der Waals surface area (Å²) in [5.74, 6) is -0.284. The van der Waals surface area contributed by atoms with E-state index in [-0.39, 0.29) is 10.6 Å². The lowest BCUT2D eigenvalue weighted by Crippen LogP contribution is -2.13. The fourth-order valence-electron chi connectivity index (χ4n) is 1.82. The quantitative estimate of drug-likeness (QED) is 0.863. The molecular weight excluding hydrogens is 280 g/mol. The maximum Gasteiger partial charge on any atom is 0.238 e. The Kier molecular flexibility index (Phi) is 3.65. The van der Waals surface area contributed by atoms with Gasteiger partial charge in [-0.2, -0.15) is 0 Å². The lowest BCUT2D eigenvalue weighted by Gasteiger charge is -2.11. The highest BCUT2D eigenvalue weighted by molar-refractivity contribution is 7.89. The molecule has 1 aromatic carbocycles. The molecule has 0 amide bonds. The van der Waals surface area contributed by atoms with Crippen molar-refractivity contribution in [2.45, 2.75) is 18.4 Å². The summed E-state index contributed by atoms with van der Waals surface area (Å²) in [7, 11) is -3.70.